The molecule has 0 spiro atoms. The number of aromatic nitrogens is 3. The highest BCUT2D eigenvalue weighted by Crippen LogP contribution is 2.14. The standard InChI is InChI=1S/C19H18N6O2/c1-13(26)23-15-2-4-16(5-3-15)24-18(27)17-8-11-21-19(25-17)22-12-14-6-9-20-10-7-14/h2-11H,12H2,1H3,(H,23,26)(H,24,27)(H,21,22,25). The molecule has 0 aliphatic carbocycles. The Labute approximate surface area is 156 Å². The first-order chi connectivity index (χ1) is 13.1. The Hall–Kier alpha value is -3.81. The predicted octanol–water partition coefficient (Wildman–Crippen LogP) is 2.69. The van der Waals surface area contributed by atoms with Crippen molar-refractivity contribution in [2.24, 2.45) is 0 Å². The van der Waals surface area contributed by atoms with Gasteiger partial charge in [0.2, 0.25) is 11.9 Å². The Kier molecular flexibility index (Phi) is 5.68. The number of hydrogen-bond donors (Lipinski definition) is 3. The van der Waals surface area contributed by atoms with Crippen LogP contribution in [0.25, 0.3) is 0 Å². The first kappa shape index (κ1) is 18.0. The number of carbonyl (C=O) groups is 2. The summed E-state index contributed by atoms with van der Waals surface area (Å²) in [7, 11) is 0. The van der Waals surface area contributed by atoms with Gasteiger partial charge in [0.1, 0.15) is 5.69 Å². The molecule has 3 aromatic rings. The van der Waals surface area contributed by atoms with E-state index in [0.29, 0.717) is 23.9 Å². The number of pyridine rings is 1. The average molecular weight is 362 g/mol. The van der Waals surface area contributed by atoms with Crippen molar-refractivity contribution in [3.8, 4) is 0 Å². The second-order valence-corrected chi connectivity index (χ2v) is 5.69. The van der Waals surface area contributed by atoms with Crippen LogP contribution < -0.4 is 16.0 Å². The van der Waals surface area contributed by atoms with Crippen molar-refractivity contribution in [1.82, 2.24) is 15.0 Å². The number of nitrogens with one attached hydrogen (secondary N) is 3. The lowest BCUT2D eigenvalue weighted by molar-refractivity contribution is -0.114. The molecular formula is C19H18N6O2. The van der Waals surface area contributed by atoms with Crippen molar-refractivity contribution in [3.05, 3.63) is 72.3 Å². The summed E-state index contributed by atoms with van der Waals surface area (Å²) in [5, 5.41) is 8.50. The fraction of sp³-hybridized carbons (Fsp3) is 0.105. The molecule has 1 aromatic carbocycles. The topological polar surface area (TPSA) is 109 Å². The SMILES string of the molecule is CC(=O)Nc1ccc(NC(=O)c2ccnc(NCc3ccncc3)n2)cc1. The summed E-state index contributed by atoms with van der Waals surface area (Å²) < 4.78 is 0. The molecule has 2 aromatic heterocycles. The fourth-order valence-corrected chi connectivity index (χ4v) is 2.29. The van der Waals surface area contributed by atoms with Gasteiger partial charge in [-0.25, -0.2) is 9.97 Å². The van der Waals surface area contributed by atoms with E-state index < -0.39 is 0 Å². The van der Waals surface area contributed by atoms with Crippen LogP contribution in [0.2, 0.25) is 0 Å². The van der Waals surface area contributed by atoms with Crippen LogP contribution in [-0.2, 0) is 11.3 Å². The van der Waals surface area contributed by atoms with Crippen molar-refractivity contribution in [2.45, 2.75) is 13.5 Å². The van der Waals surface area contributed by atoms with Gasteiger partial charge in [-0.1, -0.05) is 0 Å². The molecule has 8 heteroatoms. The molecule has 3 N–H and O–H groups in total. The zero-order chi connectivity index (χ0) is 19.1. The minimum Gasteiger partial charge on any atom is -0.350 e. The first-order valence-corrected chi connectivity index (χ1v) is 8.25. The maximum absolute atomic E-state index is 12.4. The molecule has 0 atom stereocenters. The number of nitrogens with zero attached hydrogens (tertiary/aromatic N) is 3. The molecular weight excluding hydrogens is 344 g/mol. The number of hydrogen-bond acceptors (Lipinski definition) is 6. The van der Waals surface area contributed by atoms with E-state index >= 15 is 0 Å². The zero-order valence-corrected chi connectivity index (χ0v) is 14.6. The Morgan fingerprint density at radius 1 is 0.889 bits per heavy atom. The van der Waals surface area contributed by atoms with Gasteiger partial charge in [0.05, 0.1) is 0 Å². The summed E-state index contributed by atoms with van der Waals surface area (Å²) in [6, 6.07) is 12.1. The van der Waals surface area contributed by atoms with Gasteiger partial charge in [-0.05, 0) is 48.0 Å². The molecule has 0 saturated carbocycles. The number of amides is 2. The molecule has 3 rings (SSSR count). The fourth-order valence-electron chi connectivity index (χ4n) is 2.29. The molecule has 2 heterocycles. The van der Waals surface area contributed by atoms with Gasteiger partial charge in [0.15, 0.2) is 0 Å². The van der Waals surface area contributed by atoms with E-state index in [4.69, 9.17) is 0 Å². The number of anilines is 3. The zero-order valence-electron chi connectivity index (χ0n) is 14.6. The lowest BCUT2D eigenvalue weighted by atomic mass is 10.2. The molecule has 0 radical (unpaired) electrons. The van der Waals surface area contributed by atoms with Crippen LogP contribution in [0.3, 0.4) is 0 Å². The molecule has 27 heavy (non-hydrogen) atoms. The van der Waals surface area contributed by atoms with Crippen molar-refractivity contribution in [1.29, 1.82) is 0 Å². The minimum absolute atomic E-state index is 0.153. The summed E-state index contributed by atoms with van der Waals surface area (Å²) in [6.45, 7) is 1.96. The number of carbonyl (C=O) groups excluding carboxylic acids is 2. The highest BCUT2D eigenvalue weighted by Gasteiger charge is 2.09. The van der Waals surface area contributed by atoms with E-state index in [9.17, 15) is 9.59 Å². The lowest BCUT2D eigenvalue weighted by Gasteiger charge is -2.08. The van der Waals surface area contributed by atoms with E-state index in [1.165, 1.54) is 13.1 Å². The maximum Gasteiger partial charge on any atom is 0.274 e. The van der Waals surface area contributed by atoms with Crippen LogP contribution in [0.15, 0.2) is 61.1 Å². The van der Waals surface area contributed by atoms with Gasteiger partial charge >= 0.3 is 0 Å². The van der Waals surface area contributed by atoms with Crippen LogP contribution >= 0.6 is 0 Å². The molecule has 8 nitrogen and oxygen atoms in total. The smallest absolute Gasteiger partial charge is 0.274 e. The molecule has 136 valence electrons. The van der Waals surface area contributed by atoms with Crippen molar-refractivity contribution in [2.75, 3.05) is 16.0 Å². The molecule has 0 bridgehead atoms. The number of rotatable bonds is 6. The summed E-state index contributed by atoms with van der Waals surface area (Å²) >= 11 is 0. The Balaban J connectivity index is 1.62. The molecule has 2 amide bonds. The molecule has 0 saturated heterocycles. The second-order valence-electron chi connectivity index (χ2n) is 5.69. The highest BCUT2D eigenvalue weighted by atomic mass is 16.2. The van der Waals surface area contributed by atoms with E-state index in [0.717, 1.165) is 5.56 Å². The summed E-state index contributed by atoms with van der Waals surface area (Å²) in [5.74, 6) is -0.142. The van der Waals surface area contributed by atoms with Gasteiger partial charge < -0.3 is 16.0 Å². The van der Waals surface area contributed by atoms with E-state index in [-0.39, 0.29) is 17.5 Å². The maximum atomic E-state index is 12.4. The van der Waals surface area contributed by atoms with Gasteiger partial charge in [-0.15, -0.1) is 0 Å². The molecule has 0 fully saturated rings. The van der Waals surface area contributed by atoms with Crippen LogP contribution in [-0.4, -0.2) is 26.8 Å². The third kappa shape index (κ3) is 5.33. The van der Waals surface area contributed by atoms with E-state index in [1.54, 1.807) is 42.7 Å². The largest absolute Gasteiger partial charge is 0.350 e. The average Bonchev–Trinajstić information content (AvgIpc) is 2.68. The van der Waals surface area contributed by atoms with Crippen LogP contribution in [0.4, 0.5) is 17.3 Å². The molecule has 0 aliphatic rings. The van der Waals surface area contributed by atoms with E-state index in [2.05, 4.69) is 30.9 Å². The minimum atomic E-state index is -0.350. The van der Waals surface area contributed by atoms with Gasteiger partial charge in [-0.3, -0.25) is 14.6 Å². The molecule has 0 unspecified atom stereocenters. The van der Waals surface area contributed by atoms with Crippen molar-refractivity contribution >= 4 is 29.1 Å². The quantitative estimate of drug-likeness (QED) is 0.622. The summed E-state index contributed by atoms with van der Waals surface area (Å²) in [5.41, 5.74) is 2.53. The molecule has 0 aliphatic heterocycles. The normalized spacial score (nSPS) is 10.1. The Bertz CT molecular complexity index is 928. The van der Waals surface area contributed by atoms with Crippen molar-refractivity contribution in [3.63, 3.8) is 0 Å². The van der Waals surface area contributed by atoms with E-state index in [1.807, 2.05) is 12.1 Å². The third-order valence-corrected chi connectivity index (χ3v) is 3.55. The van der Waals surface area contributed by atoms with Gasteiger partial charge in [0.25, 0.3) is 5.91 Å². The number of benzene rings is 1. The summed E-state index contributed by atoms with van der Waals surface area (Å²) in [4.78, 5) is 35.8. The van der Waals surface area contributed by atoms with Crippen LogP contribution in [0.1, 0.15) is 23.0 Å². The first-order valence-electron chi connectivity index (χ1n) is 8.25. The lowest BCUT2D eigenvalue weighted by Crippen LogP contribution is -2.15. The monoisotopic (exact) mass is 362 g/mol. The third-order valence-electron chi connectivity index (χ3n) is 3.55. The highest BCUT2D eigenvalue weighted by molar-refractivity contribution is 6.03. The van der Waals surface area contributed by atoms with Gasteiger partial charge in [0, 0.05) is 43.4 Å². The van der Waals surface area contributed by atoms with Crippen LogP contribution in [0, 0.1) is 0 Å². The predicted molar refractivity (Wildman–Crippen MR) is 102 cm³/mol. The Morgan fingerprint density at radius 3 is 2.22 bits per heavy atom. The van der Waals surface area contributed by atoms with Crippen molar-refractivity contribution < 1.29 is 9.59 Å². The van der Waals surface area contributed by atoms with Gasteiger partial charge in [-0.2, -0.15) is 0 Å². The Morgan fingerprint density at radius 2 is 1.56 bits per heavy atom. The second kappa shape index (κ2) is 8.52. The summed E-state index contributed by atoms with van der Waals surface area (Å²) in [6.07, 6.45) is 4.94. The van der Waals surface area contributed by atoms with Crippen LogP contribution in [0.5, 0.6) is 0 Å².